The largest absolute Gasteiger partial charge is 0.304 e. The van der Waals surface area contributed by atoms with E-state index < -0.39 is 0 Å². The number of nitrogens with zero attached hydrogens (tertiary/aromatic N) is 3. The molecule has 0 aliphatic carbocycles. The molecule has 5 nitrogen and oxygen atoms in total. The summed E-state index contributed by atoms with van der Waals surface area (Å²) >= 11 is 1.50. The van der Waals surface area contributed by atoms with E-state index in [0.717, 1.165) is 16.4 Å². The molecular formula is C15H20N4OS. The van der Waals surface area contributed by atoms with Crippen LogP contribution in [-0.2, 0) is 11.3 Å². The van der Waals surface area contributed by atoms with Crippen LogP contribution in [0.2, 0.25) is 0 Å². The van der Waals surface area contributed by atoms with Crippen LogP contribution in [-0.4, -0.2) is 22.4 Å². The van der Waals surface area contributed by atoms with Gasteiger partial charge >= 0.3 is 0 Å². The summed E-state index contributed by atoms with van der Waals surface area (Å²) in [6.07, 6.45) is 3.63. The van der Waals surface area contributed by atoms with E-state index in [1.165, 1.54) is 11.3 Å². The van der Waals surface area contributed by atoms with Crippen LogP contribution in [0.3, 0.4) is 0 Å². The second kappa shape index (κ2) is 7.28. The van der Waals surface area contributed by atoms with Gasteiger partial charge in [-0.15, -0.1) is 11.3 Å². The van der Waals surface area contributed by atoms with Crippen molar-refractivity contribution in [2.45, 2.75) is 33.4 Å². The van der Waals surface area contributed by atoms with Crippen LogP contribution in [0.4, 0.5) is 5.13 Å². The molecule has 112 valence electrons. The minimum atomic E-state index is 0.0232. The minimum absolute atomic E-state index is 0.0232. The molecule has 0 aromatic carbocycles. The Morgan fingerprint density at radius 1 is 1.52 bits per heavy atom. The molecule has 0 spiro atoms. The topological polar surface area (TPSA) is 58.1 Å². The third kappa shape index (κ3) is 4.09. The standard InChI is InChI=1S/C15H20N4OS/c1-4-19(12(3)20)15-18-14(10-21-15)9-17-11(2)13-6-5-7-16-8-13/h5-8,10-11,17H,4,9H2,1-3H3. The Hall–Kier alpha value is -1.79. The van der Waals surface area contributed by atoms with Gasteiger partial charge in [0.2, 0.25) is 5.91 Å². The summed E-state index contributed by atoms with van der Waals surface area (Å²) in [5.74, 6) is 0.0232. The van der Waals surface area contributed by atoms with Gasteiger partial charge in [-0.2, -0.15) is 0 Å². The Morgan fingerprint density at radius 3 is 2.95 bits per heavy atom. The molecule has 2 aromatic heterocycles. The highest BCUT2D eigenvalue weighted by molar-refractivity contribution is 7.14. The number of aromatic nitrogens is 2. The average Bonchev–Trinajstić information content (AvgIpc) is 2.94. The Labute approximate surface area is 129 Å². The fraction of sp³-hybridized carbons (Fsp3) is 0.400. The lowest BCUT2D eigenvalue weighted by Gasteiger charge is -2.15. The lowest BCUT2D eigenvalue weighted by atomic mass is 10.1. The van der Waals surface area contributed by atoms with Gasteiger partial charge in [0, 0.05) is 43.8 Å². The van der Waals surface area contributed by atoms with Gasteiger partial charge in [-0.25, -0.2) is 4.98 Å². The first kappa shape index (κ1) is 15.6. The van der Waals surface area contributed by atoms with Crippen molar-refractivity contribution in [3.8, 4) is 0 Å². The number of rotatable bonds is 6. The third-order valence-corrected chi connectivity index (χ3v) is 4.15. The molecule has 1 unspecified atom stereocenters. The number of hydrogen-bond acceptors (Lipinski definition) is 5. The Bertz CT molecular complexity index is 584. The normalized spacial score (nSPS) is 12.1. The summed E-state index contributed by atoms with van der Waals surface area (Å²) in [6, 6.07) is 4.19. The molecule has 1 amide bonds. The maximum absolute atomic E-state index is 11.5. The van der Waals surface area contributed by atoms with Gasteiger partial charge in [-0.05, 0) is 25.5 Å². The van der Waals surface area contributed by atoms with E-state index in [1.807, 2.05) is 30.6 Å². The maximum atomic E-state index is 11.5. The minimum Gasteiger partial charge on any atom is -0.304 e. The summed E-state index contributed by atoms with van der Waals surface area (Å²) < 4.78 is 0. The first-order chi connectivity index (χ1) is 10.1. The number of hydrogen-bond donors (Lipinski definition) is 1. The zero-order chi connectivity index (χ0) is 15.2. The third-order valence-electron chi connectivity index (χ3n) is 3.24. The summed E-state index contributed by atoms with van der Waals surface area (Å²) in [5, 5.41) is 6.17. The van der Waals surface area contributed by atoms with Crippen molar-refractivity contribution >= 4 is 22.4 Å². The van der Waals surface area contributed by atoms with Crippen molar-refractivity contribution in [2.24, 2.45) is 0 Å². The Kier molecular flexibility index (Phi) is 5.41. The van der Waals surface area contributed by atoms with Gasteiger partial charge in [-0.1, -0.05) is 6.07 Å². The highest BCUT2D eigenvalue weighted by Crippen LogP contribution is 2.21. The predicted octanol–water partition coefficient (Wildman–Crippen LogP) is 2.76. The monoisotopic (exact) mass is 304 g/mol. The molecule has 0 radical (unpaired) electrons. The Morgan fingerprint density at radius 2 is 2.33 bits per heavy atom. The number of pyridine rings is 1. The van der Waals surface area contributed by atoms with E-state index in [4.69, 9.17) is 0 Å². The van der Waals surface area contributed by atoms with Crippen LogP contribution in [0.1, 0.15) is 38.1 Å². The lowest BCUT2D eigenvalue weighted by Crippen LogP contribution is -2.27. The molecule has 1 N–H and O–H groups in total. The summed E-state index contributed by atoms with van der Waals surface area (Å²) in [4.78, 5) is 21.8. The first-order valence-corrected chi connectivity index (χ1v) is 7.85. The van der Waals surface area contributed by atoms with Gasteiger partial charge in [0.05, 0.1) is 5.69 Å². The molecule has 0 fully saturated rings. The van der Waals surface area contributed by atoms with E-state index in [1.54, 1.807) is 18.0 Å². The van der Waals surface area contributed by atoms with Gasteiger partial charge in [0.1, 0.15) is 0 Å². The number of nitrogens with one attached hydrogen (secondary N) is 1. The van der Waals surface area contributed by atoms with E-state index in [2.05, 4.69) is 22.2 Å². The Balaban J connectivity index is 1.95. The van der Waals surface area contributed by atoms with E-state index in [-0.39, 0.29) is 11.9 Å². The van der Waals surface area contributed by atoms with Crippen LogP contribution >= 0.6 is 11.3 Å². The highest BCUT2D eigenvalue weighted by Gasteiger charge is 2.13. The fourth-order valence-corrected chi connectivity index (χ4v) is 2.93. The van der Waals surface area contributed by atoms with Crippen molar-refractivity contribution in [3.63, 3.8) is 0 Å². The number of carbonyl (C=O) groups excluding carboxylic acids is 1. The van der Waals surface area contributed by atoms with Crippen molar-refractivity contribution < 1.29 is 4.79 Å². The van der Waals surface area contributed by atoms with Crippen LogP contribution in [0.15, 0.2) is 29.9 Å². The summed E-state index contributed by atoms with van der Waals surface area (Å²) in [5.41, 5.74) is 2.09. The zero-order valence-corrected chi connectivity index (χ0v) is 13.4. The number of amides is 1. The molecule has 0 bridgehead atoms. The van der Waals surface area contributed by atoms with Crippen molar-refractivity contribution in [2.75, 3.05) is 11.4 Å². The van der Waals surface area contributed by atoms with E-state index in [9.17, 15) is 4.79 Å². The van der Waals surface area contributed by atoms with E-state index in [0.29, 0.717) is 13.1 Å². The number of thiazole rings is 1. The van der Waals surface area contributed by atoms with Gasteiger partial charge in [-0.3, -0.25) is 14.7 Å². The van der Waals surface area contributed by atoms with Gasteiger partial charge < -0.3 is 5.32 Å². The van der Waals surface area contributed by atoms with Crippen molar-refractivity contribution in [1.82, 2.24) is 15.3 Å². The average molecular weight is 304 g/mol. The molecule has 6 heteroatoms. The number of anilines is 1. The first-order valence-electron chi connectivity index (χ1n) is 6.97. The molecule has 21 heavy (non-hydrogen) atoms. The molecule has 2 aromatic rings. The van der Waals surface area contributed by atoms with Crippen LogP contribution < -0.4 is 10.2 Å². The van der Waals surface area contributed by atoms with Gasteiger partial charge in [0.15, 0.2) is 5.13 Å². The summed E-state index contributed by atoms with van der Waals surface area (Å²) in [7, 11) is 0. The maximum Gasteiger partial charge on any atom is 0.225 e. The second-order valence-electron chi connectivity index (χ2n) is 4.77. The highest BCUT2D eigenvalue weighted by atomic mass is 32.1. The fourth-order valence-electron chi connectivity index (χ4n) is 2.00. The van der Waals surface area contributed by atoms with Crippen molar-refractivity contribution in [3.05, 3.63) is 41.2 Å². The van der Waals surface area contributed by atoms with E-state index >= 15 is 0 Å². The number of carbonyl (C=O) groups is 1. The smallest absolute Gasteiger partial charge is 0.225 e. The quantitative estimate of drug-likeness (QED) is 0.891. The summed E-state index contributed by atoms with van der Waals surface area (Å²) in [6.45, 7) is 6.92. The van der Waals surface area contributed by atoms with Crippen LogP contribution in [0.25, 0.3) is 0 Å². The zero-order valence-electron chi connectivity index (χ0n) is 12.5. The SMILES string of the molecule is CCN(C(C)=O)c1nc(CNC(C)c2cccnc2)cs1. The molecule has 1 atom stereocenters. The lowest BCUT2D eigenvalue weighted by molar-refractivity contribution is -0.116. The molecule has 0 aliphatic rings. The van der Waals surface area contributed by atoms with Crippen LogP contribution in [0, 0.1) is 0 Å². The molecule has 0 saturated carbocycles. The molecule has 2 heterocycles. The molecule has 0 aliphatic heterocycles. The molecule has 2 rings (SSSR count). The predicted molar refractivity (Wildman–Crippen MR) is 85.3 cm³/mol. The molecule has 0 saturated heterocycles. The van der Waals surface area contributed by atoms with Crippen molar-refractivity contribution in [1.29, 1.82) is 0 Å². The molecular weight excluding hydrogens is 284 g/mol. The second-order valence-corrected chi connectivity index (χ2v) is 5.61. The van der Waals surface area contributed by atoms with Gasteiger partial charge in [0.25, 0.3) is 0 Å². The van der Waals surface area contributed by atoms with Crippen LogP contribution in [0.5, 0.6) is 0 Å².